The number of terminal acetylenes is 1. The minimum Gasteiger partial charge on any atom is -0.444 e. The summed E-state index contributed by atoms with van der Waals surface area (Å²) in [6.07, 6.45) is 6.85. The Morgan fingerprint density at radius 1 is 1.42 bits per heavy atom. The summed E-state index contributed by atoms with van der Waals surface area (Å²) < 4.78 is 5.43. The first-order valence-electron chi connectivity index (χ1n) is 5.62. The van der Waals surface area contributed by atoms with Gasteiger partial charge in [0.05, 0.1) is 22.8 Å². The molecule has 0 spiro atoms. The van der Waals surface area contributed by atoms with Crippen molar-refractivity contribution in [2.45, 2.75) is 6.54 Å². The van der Waals surface area contributed by atoms with Gasteiger partial charge in [-0.05, 0) is 25.2 Å². The first-order valence-corrected chi connectivity index (χ1v) is 6.37. The average Bonchev–Trinajstić information content (AvgIpc) is 2.77. The maximum absolute atomic E-state index is 6.11. The van der Waals surface area contributed by atoms with E-state index in [1.807, 2.05) is 11.9 Å². The second-order valence-corrected chi connectivity index (χ2v) is 4.99. The highest BCUT2D eigenvalue weighted by Crippen LogP contribution is 2.29. The summed E-state index contributed by atoms with van der Waals surface area (Å²) >= 11 is 12.0. The van der Waals surface area contributed by atoms with Crippen molar-refractivity contribution < 1.29 is 4.42 Å². The van der Waals surface area contributed by atoms with Gasteiger partial charge in [0.25, 0.3) is 0 Å². The van der Waals surface area contributed by atoms with Gasteiger partial charge in [-0.25, -0.2) is 4.98 Å². The summed E-state index contributed by atoms with van der Waals surface area (Å²) in [5, 5.41) is 1.09. The molecule has 0 fully saturated rings. The van der Waals surface area contributed by atoms with Gasteiger partial charge in [-0.1, -0.05) is 29.1 Å². The van der Waals surface area contributed by atoms with Crippen molar-refractivity contribution >= 4 is 23.2 Å². The molecule has 2 aromatic rings. The zero-order valence-corrected chi connectivity index (χ0v) is 11.9. The van der Waals surface area contributed by atoms with Crippen LogP contribution >= 0.6 is 23.2 Å². The predicted molar refractivity (Wildman–Crippen MR) is 77.1 cm³/mol. The van der Waals surface area contributed by atoms with E-state index in [1.54, 1.807) is 24.5 Å². The van der Waals surface area contributed by atoms with Crippen molar-refractivity contribution in [3.63, 3.8) is 0 Å². The number of hydrogen-bond acceptors (Lipinski definition) is 3. The van der Waals surface area contributed by atoms with Crippen LogP contribution in [0.3, 0.4) is 0 Å². The van der Waals surface area contributed by atoms with Crippen LogP contribution in [-0.2, 0) is 6.54 Å². The van der Waals surface area contributed by atoms with Gasteiger partial charge in [-0.2, -0.15) is 0 Å². The molecule has 98 valence electrons. The fourth-order valence-electron chi connectivity index (χ4n) is 1.65. The number of hydrogen-bond donors (Lipinski definition) is 0. The van der Waals surface area contributed by atoms with E-state index in [2.05, 4.69) is 10.9 Å². The van der Waals surface area contributed by atoms with Crippen molar-refractivity contribution in [2.75, 3.05) is 13.6 Å². The van der Waals surface area contributed by atoms with E-state index in [0.717, 1.165) is 11.3 Å². The molecule has 0 aliphatic carbocycles. The Morgan fingerprint density at radius 3 is 2.89 bits per heavy atom. The molecule has 1 aromatic heterocycles. The van der Waals surface area contributed by atoms with E-state index in [1.165, 1.54) is 0 Å². The molecular weight excluding hydrogens is 283 g/mol. The Labute approximate surface area is 122 Å². The second kappa shape index (κ2) is 6.12. The fourth-order valence-corrected chi connectivity index (χ4v) is 2.14. The number of rotatable bonds is 4. The van der Waals surface area contributed by atoms with Crippen LogP contribution in [0, 0.1) is 12.3 Å². The fraction of sp³-hybridized carbons (Fsp3) is 0.214. The Hall–Kier alpha value is -1.47. The van der Waals surface area contributed by atoms with Gasteiger partial charge in [0.2, 0.25) is 5.89 Å². The minimum absolute atomic E-state index is 0.478. The Kier molecular flexibility index (Phi) is 4.49. The van der Waals surface area contributed by atoms with Crippen LogP contribution in [-0.4, -0.2) is 23.5 Å². The van der Waals surface area contributed by atoms with Crippen molar-refractivity contribution in [1.29, 1.82) is 0 Å². The van der Waals surface area contributed by atoms with E-state index >= 15 is 0 Å². The third-order valence-electron chi connectivity index (χ3n) is 2.51. The number of aromatic nitrogens is 1. The monoisotopic (exact) mass is 294 g/mol. The summed E-state index contributed by atoms with van der Waals surface area (Å²) in [6, 6.07) is 5.19. The van der Waals surface area contributed by atoms with Crippen LogP contribution in [0.15, 0.2) is 28.9 Å². The number of benzene rings is 1. The average molecular weight is 295 g/mol. The SMILES string of the molecule is C#CCN(C)Cc1coc(-c2ccc(Cl)cc2Cl)n1. The largest absolute Gasteiger partial charge is 0.444 e. The summed E-state index contributed by atoms with van der Waals surface area (Å²) in [5.74, 6) is 3.05. The van der Waals surface area contributed by atoms with E-state index in [0.29, 0.717) is 29.0 Å². The third-order valence-corrected chi connectivity index (χ3v) is 3.05. The molecule has 0 amide bonds. The molecule has 0 bridgehead atoms. The van der Waals surface area contributed by atoms with E-state index in [4.69, 9.17) is 34.0 Å². The first kappa shape index (κ1) is 14.0. The summed E-state index contributed by atoms with van der Waals surface area (Å²) in [5.41, 5.74) is 1.52. The van der Waals surface area contributed by atoms with Gasteiger partial charge in [-0.3, -0.25) is 4.90 Å². The van der Waals surface area contributed by atoms with Crippen molar-refractivity contribution in [1.82, 2.24) is 9.88 Å². The van der Waals surface area contributed by atoms with E-state index in [9.17, 15) is 0 Å². The topological polar surface area (TPSA) is 29.3 Å². The van der Waals surface area contributed by atoms with Gasteiger partial charge >= 0.3 is 0 Å². The Morgan fingerprint density at radius 2 is 2.21 bits per heavy atom. The van der Waals surface area contributed by atoms with Crippen molar-refractivity contribution in [3.05, 3.63) is 40.2 Å². The molecule has 5 heteroatoms. The molecule has 0 N–H and O–H groups in total. The highest BCUT2D eigenvalue weighted by atomic mass is 35.5. The lowest BCUT2D eigenvalue weighted by Crippen LogP contribution is -2.17. The molecule has 1 aromatic carbocycles. The minimum atomic E-state index is 0.478. The summed E-state index contributed by atoms with van der Waals surface area (Å²) in [6.45, 7) is 1.18. The number of halogens is 2. The van der Waals surface area contributed by atoms with Crippen LogP contribution in [0.1, 0.15) is 5.69 Å². The van der Waals surface area contributed by atoms with Crippen LogP contribution in [0.2, 0.25) is 10.0 Å². The standard InChI is InChI=1S/C14H12Cl2N2O/c1-3-6-18(2)8-11-9-19-14(17-11)12-5-4-10(15)7-13(12)16/h1,4-5,7,9H,6,8H2,2H3. The highest BCUT2D eigenvalue weighted by Gasteiger charge is 2.11. The van der Waals surface area contributed by atoms with E-state index in [-0.39, 0.29) is 0 Å². The van der Waals surface area contributed by atoms with Crippen molar-refractivity contribution in [3.8, 4) is 23.8 Å². The van der Waals surface area contributed by atoms with Crippen LogP contribution in [0.25, 0.3) is 11.5 Å². The first-order chi connectivity index (χ1) is 9.10. The smallest absolute Gasteiger partial charge is 0.227 e. The quantitative estimate of drug-likeness (QED) is 0.805. The molecule has 19 heavy (non-hydrogen) atoms. The van der Waals surface area contributed by atoms with Gasteiger partial charge in [-0.15, -0.1) is 6.42 Å². The number of nitrogens with zero attached hydrogens (tertiary/aromatic N) is 2. The molecule has 0 unspecified atom stereocenters. The molecule has 0 aliphatic heterocycles. The Bertz CT molecular complexity index is 616. The normalized spacial score (nSPS) is 10.7. The lowest BCUT2D eigenvalue weighted by atomic mass is 10.2. The molecule has 0 atom stereocenters. The zero-order chi connectivity index (χ0) is 13.8. The molecule has 0 saturated carbocycles. The van der Waals surface area contributed by atoms with Crippen LogP contribution < -0.4 is 0 Å². The van der Waals surface area contributed by atoms with Gasteiger partial charge in [0, 0.05) is 11.6 Å². The maximum atomic E-state index is 6.11. The van der Waals surface area contributed by atoms with Gasteiger partial charge < -0.3 is 4.42 Å². The second-order valence-electron chi connectivity index (χ2n) is 4.14. The van der Waals surface area contributed by atoms with Crippen LogP contribution in [0.4, 0.5) is 0 Å². The maximum Gasteiger partial charge on any atom is 0.227 e. The lowest BCUT2D eigenvalue weighted by molar-refractivity contribution is 0.363. The molecule has 1 heterocycles. The molecule has 3 nitrogen and oxygen atoms in total. The lowest BCUT2D eigenvalue weighted by Gasteiger charge is -2.09. The van der Waals surface area contributed by atoms with Gasteiger partial charge in [0.15, 0.2) is 0 Å². The molecule has 0 saturated heterocycles. The third kappa shape index (κ3) is 3.51. The van der Waals surface area contributed by atoms with E-state index < -0.39 is 0 Å². The predicted octanol–water partition coefficient (Wildman–Crippen LogP) is 3.71. The molecule has 0 aliphatic rings. The van der Waals surface area contributed by atoms with Crippen LogP contribution in [0.5, 0.6) is 0 Å². The molecule has 2 rings (SSSR count). The highest BCUT2D eigenvalue weighted by molar-refractivity contribution is 6.36. The summed E-state index contributed by atoms with van der Waals surface area (Å²) in [4.78, 5) is 6.35. The zero-order valence-electron chi connectivity index (χ0n) is 10.4. The number of oxazole rings is 1. The Balaban J connectivity index is 2.19. The molecule has 0 radical (unpaired) electrons. The van der Waals surface area contributed by atoms with Crippen molar-refractivity contribution in [2.24, 2.45) is 0 Å². The van der Waals surface area contributed by atoms with Gasteiger partial charge in [0.1, 0.15) is 6.26 Å². The summed E-state index contributed by atoms with van der Waals surface area (Å²) in [7, 11) is 1.92. The molecular formula is C14H12Cl2N2O.